The molecule has 1 aliphatic rings. The second-order valence-electron chi connectivity index (χ2n) is 3.25. The Bertz CT molecular complexity index is 97.4. The van der Waals surface area contributed by atoms with Crippen LogP contribution in [0.15, 0.2) is 0 Å². The highest BCUT2D eigenvalue weighted by Crippen LogP contribution is 2.20. The summed E-state index contributed by atoms with van der Waals surface area (Å²) in [6.45, 7) is 3.94. The monoisotopic (exact) mass is 143 g/mol. The fourth-order valence-corrected chi connectivity index (χ4v) is 1.45. The van der Waals surface area contributed by atoms with Crippen LogP contribution in [0.5, 0.6) is 0 Å². The van der Waals surface area contributed by atoms with Crippen molar-refractivity contribution >= 4 is 0 Å². The first-order chi connectivity index (χ1) is 4.77. The molecule has 1 atom stereocenters. The molecule has 0 aromatic rings. The van der Waals surface area contributed by atoms with E-state index in [-0.39, 0.29) is 5.60 Å². The molecule has 2 N–H and O–H groups in total. The van der Waals surface area contributed by atoms with Crippen molar-refractivity contribution in [2.24, 2.45) is 0 Å². The number of nitrogens with one attached hydrogen (secondary N) is 1. The van der Waals surface area contributed by atoms with Crippen molar-refractivity contribution in [1.29, 1.82) is 0 Å². The second-order valence-corrected chi connectivity index (χ2v) is 3.25. The third-order valence-electron chi connectivity index (χ3n) is 2.22. The summed E-state index contributed by atoms with van der Waals surface area (Å²) in [6.07, 6.45) is 4.24. The number of hydrogen-bond acceptors (Lipinski definition) is 2. The van der Waals surface area contributed by atoms with E-state index >= 15 is 0 Å². The van der Waals surface area contributed by atoms with Crippen LogP contribution in [0.2, 0.25) is 0 Å². The highest BCUT2D eigenvalue weighted by Gasteiger charge is 2.29. The maximum atomic E-state index is 9.76. The number of unbranched alkanes of at least 4 members (excludes halogenated alkanes) is 1. The fraction of sp³-hybridized carbons (Fsp3) is 1.00. The van der Waals surface area contributed by atoms with E-state index in [0.717, 1.165) is 32.4 Å². The molecule has 1 heterocycles. The first-order valence-corrected chi connectivity index (χ1v) is 4.20. The molecule has 0 amide bonds. The molecule has 0 saturated carbocycles. The lowest BCUT2D eigenvalue weighted by atomic mass is 9.96. The maximum Gasteiger partial charge on any atom is 0.0783 e. The molecule has 60 valence electrons. The largest absolute Gasteiger partial charge is 0.389 e. The Kier molecular flexibility index (Phi) is 2.69. The van der Waals surface area contributed by atoms with Gasteiger partial charge in [0.2, 0.25) is 0 Å². The molecule has 1 aliphatic heterocycles. The first-order valence-electron chi connectivity index (χ1n) is 4.20. The van der Waals surface area contributed by atoms with Gasteiger partial charge in [-0.1, -0.05) is 19.8 Å². The van der Waals surface area contributed by atoms with E-state index < -0.39 is 0 Å². The zero-order valence-electron chi connectivity index (χ0n) is 6.69. The molecule has 1 fully saturated rings. The van der Waals surface area contributed by atoms with Crippen LogP contribution in [-0.4, -0.2) is 23.8 Å². The zero-order chi connectivity index (χ0) is 7.45. The molecule has 0 aromatic carbocycles. The number of aliphatic hydroxyl groups is 1. The molecule has 2 heteroatoms. The van der Waals surface area contributed by atoms with Crippen molar-refractivity contribution < 1.29 is 5.11 Å². The zero-order valence-corrected chi connectivity index (χ0v) is 6.69. The second kappa shape index (κ2) is 3.35. The van der Waals surface area contributed by atoms with Gasteiger partial charge in [-0.3, -0.25) is 0 Å². The van der Waals surface area contributed by atoms with E-state index in [4.69, 9.17) is 0 Å². The smallest absolute Gasteiger partial charge is 0.0783 e. The standard InChI is InChI=1S/C8H17NO/c1-2-3-4-8(10)5-6-9-7-8/h9-10H,2-7H2,1H3. The van der Waals surface area contributed by atoms with Crippen LogP contribution in [-0.2, 0) is 0 Å². The van der Waals surface area contributed by atoms with Crippen molar-refractivity contribution in [1.82, 2.24) is 5.32 Å². The van der Waals surface area contributed by atoms with Gasteiger partial charge in [0, 0.05) is 6.54 Å². The molecule has 1 rings (SSSR count). The van der Waals surface area contributed by atoms with Crippen LogP contribution in [0.25, 0.3) is 0 Å². The number of hydrogen-bond donors (Lipinski definition) is 2. The summed E-state index contributed by atoms with van der Waals surface area (Å²) in [5.41, 5.74) is -0.365. The van der Waals surface area contributed by atoms with E-state index in [0.29, 0.717) is 0 Å². The minimum atomic E-state index is -0.365. The van der Waals surface area contributed by atoms with Gasteiger partial charge in [0.15, 0.2) is 0 Å². The average molecular weight is 143 g/mol. The lowest BCUT2D eigenvalue weighted by Gasteiger charge is -2.20. The summed E-state index contributed by atoms with van der Waals surface area (Å²) >= 11 is 0. The lowest BCUT2D eigenvalue weighted by molar-refractivity contribution is 0.0500. The Balaban J connectivity index is 2.22. The van der Waals surface area contributed by atoms with E-state index in [2.05, 4.69) is 12.2 Å². The van der Waals surface area contributed by atoms with E-state index in [1.54, 1.807) is 0 Å². The summed E-state index contributed by atoms with van der Waals surface area (Å²) in [7, 11) is 0. The molecular weight excluding hydrogens is 126 g/mol. The Morgan fingerprint density at radius 1 is 1.60 bits per heavy atom. The Morgan fingerprint density at radius 3 is 2.90 bits per heavy atom. The molecule has 0 aliphatic carbocycles. The van der Waals surface area contributed by atoms with Crippen molar-refractivity contribution in [2.45, 2.75) is 38.2 Å². The van der Waals surface area contributed by atoms with E-state index in [1.165, 1.54) is 6.42 Å². The third kappa shape index (κ3) is 1.96. The van der Waals surface area contributed by atoms with Gasteiger partial charge in [0.1, 0.15) is 0 Å². The van der Waals surface area contributed by atoms with Gasteiger partial charge >= 0.3 is 0 Å². The van der Waals surface area contributed by atoms with Gasteiger partial charge in [0.05, 0.1) is 5.60 Å². The van der Waals surface area contributed by atoms with E-state index in [9.17, 15) is 5.11 Å². The molecule has 1 saturated heterocycles. The van der Waals surface area contributed by atoms with Crippen LogP contribution in [0.4, 0.5) is 0 Å². The topological polar surface area (TPSA) is 32.3 Å². The molecule has 2 nitrogen and oxygen atoms in total. The Hall–Kier alpha value is -0.0800. The predicted octanol–water partition coefficient (Wildman–Crippen LogP) is 0.901. The molecule has 0 radical (unpaired) electrons. The Morgan fingerprint density at radius 2 is 2.40 bits per heavy atom. The summed E-state index contributed by atoms with van der Waals surface area (Å²) in [5.74, 6) is 0. The third-order valence-corrected chi connectivity index (χ3v) is 2.22. The molecule has 10 heavy (non-hydrogen) atoms. The SMILES string of the molecule is CCCCC1(O)CCNC1. The maximum absolute atomic E-state index is 9.76. The van der Waals surface area contributed by atoms with Crippen molar-refractivity contribution in [2.75, 3.05) is 13.1 Å². The van der Waals surface area contributed by atoms with Crippen LogP contribution in [0.3, 0.4) is 0 Å². The molecule has 0 spiro atoms. The van der Waals surface area contributed by atoms with Gasteiger partial charge < -0.3 is 10.4 Å². The average Bonchev–Trinajstić information content (AvgIpc) is 2.33. The van der Waals surface area contributed by atoms with Gasteiger partial charge in [-0.05, 0) is 19.4 Å². The van der Waals surface area contributed by atoms with Gasteiger partial charge in [-0.25, -0.2) is 0 Å². The van der Waals surface area contributed by atoms with Crippen molar-refractivity contribution in [3.63, 3.8) is 0 Å². The molecule has 0 aromatic heterocycles. The molecular formula is C8H17NO. The van der Waals surface area contributed by atoms with Gasteiger partial charge in [-0.2, -0.15) is 0 Å². The number of rotatable bonds is 3. The summed E-state index contributed by atoms with van der Waals surface area (Å²) < 4.78 is 0. The van der Waals surface area contributed by atoms with E-state index in [1.807, 2.05) is 0 Å². The summed E-state index contributed by atoms with van der Waals surface area (Å²) in [4.78, 5) is 0. The van der Waals surface area contributed by atoms with Crippen LogP contribution in [0.1, 0.15) is 32.6 Å². The Labute approximate surface area is 62.6 Å². The van der Waals surface area contributed by atoms with Crippen molar-refractivity contribution in [3.05, 3.63) is 0 Å². The fourth-order valence-electron chi connectivity index (χ4n) is 1.45. The highest BCUT2D eigenvalue weighted by molar-refractivity contribution is 4.87. The quantitative estimate of drug-likeness (QED) is 0.615. The first kappa shape index (κ1) is 8.02. The van der Waals surface area contributed by atoms with Crippen LogP contribution in [0, 0.1) is 0 Å². The minimum Gasteiger partial charge on any atom is -0.389 e. The van der Waals surface area contributed by atoms with Crippen LogP contribution >= 0.6 is 0 Å². The molecule has 1 unspecified atom stereocenters. The lowest BCUT2D eigenvalue weighted by Crippen LogP contribution is -2.30. The van der Waals surface area contributed by atoms with Crippen molar-refractivity contribution in [3.8, 4) is 0 Å². The predicted molar refractivity (Wildman–Crippen MR) is 42.0 cm³/mol. The minimum absolute atomic E-state index is 0.365. The van der Waals surface area contributed by atoms with Gasteiger partial charge in [-0.15, -0.1) is 0 Å². The molecule has 0 bridgehead atoms. The number of β-amino-alcohol motifs (C(OH)–C–C–N with tert-alkyl or cyclic N) is 1. The normalized spacial score (nSPS) is 33.0. The van der Waals surface area contributed by atoms with Crippen LogP contribution < -0.4 is 5.32 Å². The summed E-state index contributed by atoms with van der Waals surface area (Å²) in [6, 6.07) is 0. The van der Waals surface area contributed by atoms with Gasteiger partial charge in [0.25, 0.3) is 0 Å². The highest BCUT2D eigenvalue weighted by atomic mass is 16.3. The summed E-state index contributed by atoms with van der Waals surface area (Å²) in [5, 5.41) is 12.9.